The SMILES string of the molecule is C=C(C=C(C)C)c1ccccc1O.C=CC(Br)=C(C)C.CC.CCCNC(=O)CSNC. The van der Waals surface area contributed by atoms with Crippen LogP contribution in [0, 0.1) is 0 Å². The number of carbonyl (C=O) groups is 1. The molecule has 0 radical (unpaired) electrons. The van der Waals surface area contributed by atoms with Crippen molar-refractivity contribution in [2.75, 3.05) is 19.3 Å². The Morgan fingerprint density at radius 2 is 1.75 bits per heavy atom. The molecular formula is C26H43BrN2O2S. The van der Waals surface area contributed by atoms with Gasteiger partial charge in [-0.3, -0.25) is 9.52 Å². The van der Waals surface area contributed by atoms with E-state index >= 15 is 0 Å². The van der Waals surface area contributed by atoms with Crippen molar-refractivity contribution in [3.05, 3.63) is 70.8 Å². The summed E-state index contributed by atoms with van der Waals surface area (Å²) < 4.78 is 3.92. The van der Waals surface area contributed by atoms with E-state index in [0.29, 0.717) is 5.75 Å². The normalized spacial score (nSPS) is 8.66. The second-order valence-electron chi connectivity index (χ2n) is 6.66. The van der Waals surface area contributed by atoms with Crippen LogP contribution < -0.4 is 10.0 Å². The van der Waals surface area contributed by atoms with Gasteiger partial charge in [-0.25, -0.2) is 0 Å². The lowest BCUT2D eigenvalue weighted by Gasteiger charge is -2.03. The minimum Gasteiger partial charge on any atom is -0.507 e. The zero-order valence-corrected chi connectivity index (χ0v) is 23.5. The van der Waals surface area contributed by atoms with Gasteiger partial charge in [-0.05, 0) is 52.8 Å². The van der Waals surface area contributed by atoms with Crippen LogP contribution in [0.1, 0.15) is 60.5 Å². The van der Waals surface area contributed by atoms with Crippen molar-refractivity contribution in [2.24, 2.45) is 0 Å². The number of phenolic OH excluding ortho intramolecular Hbond substituents is 1. The van der Waals surface area contributed by atoms with Gasteiger partial charge in [-0.2, -0.15) is 0 Å². The molecule has 0 aliphatic heterocycles. The average Bonchev–Trinajstić information content (AvgIpc) is 2.77. The van der Waals surface area contributed by atoms with Crippen molar-refractivity contribution in [1.82, 2.24) is 10.0 Å². The van der Waals surface area contributed by atoms with E-state index in [9.17, 15) is 9.90 Å². The summed E-state index contributed by atoms with van der Waals surface area (Å²) >= 11 is 4.71. The molecule has 182 valence electrons. The third-order valence-electron chi connectivity index (χ3n) is 3.29. The number of allylic oxidation sites excluding steroid dienone is 6. The number of halogens is 1. The highest BCUT2D eigenvalue weighted by Crippen LogP contribution is 2.24. The molecule has 1 rings (SSSR count). The number of carbonyl (C=O) groups excluding carboxylic acids is 1. The average molecular weight is 528 g/mol. The highest BCUT2D eigenvalue weighted by atomic mass is 79.9. The number of phenols is 1. The summed E-state index contributed by atoms with van der Waals surface area (Å²) in [6.45, 7) is 22.4. The monoisotopic (exact) mass is 526 g/mol. The molecule has 6 heteroatoms. The fraction of sp³-hybridized carbons (Fsp3) is 0.423. The van der Waals surface area contributed by atoms with Crippen LogP contribution >= 0.6 is 27.9 Å². The molecule has 0 atom stereocenters. The van der Waals surface area contributed by atoms with Crippen molar-refractivity contribution in [3.8, 4) is 5.75 Å². The first-order valence-electron chi connectivity index (χ1n) is 10.7. The van der Waals surface area contributed by atoms with Crippen LogP contribution in [0.15, 0.2) is 65.2 Å². The van der Waals surface area contributed by atoms with E-state index in [4.69, 9.17) is 0 Å². The van der Waals surface area contributed by atoms with E-state index in [-0.39, 0.29) is 11.7 Å². The van der Waals surface area contributed by atoms with Crippen LogP contribution in [0.25, 0.3) is 5.57 Å². The van der Waals surface area contributed by atoms with Crippen LogP contribution in [0.4, 0.5) is 0 Å². The summed E-state index contributed by atoms with van der Waals surface area (Å²) in [5.41, 5.74) is 4.07. The first-order chi connectivity index (χ1) is 15.1. The molecule has 0 heterocycles. The Bertz CT molecular complexity index is 710. The number of nitrogens with one attached hydrogen (secondary N) is 2. The van der Waals surface area contributed by atoms with Gasteiger partial charge in [-0.15, -0.1) is 0 Å². The Hall–Kier alpha value is -1.76. The number of hydrogen-bond donors (Lipinski definition) is 3. The summed E-state index contributed by atoms with van der Waals surface area (Å²) in [7, 11) is 1.80. The van der Waals surface area contributed by atoms with Crippen molar-refractivity contribution in [1.29, 1.82) is 0 Å². The molecule has 0 bridgehead atoms. The second kappa shape index (κ2) is 23.9. The minimum absolute atomic E-state index is 0.0983. The molecule has 0 aliphatic carbocycles. The third kappa shape index (κ3) is 21.5. The van der Waals surface area contributed by atoms with Gasteiger partial charge in [0.1, 0.15) is 5.75 Å². The Balaban J connectivity index is -0.000000396. The molecule has 32 heavy (non-hydrogen) atoms. The minimum atomic E-state index is 0.0983. The molecule has 0 fully saturated rings. The van der Waals surface area contributed by atoms with Crippen molar-refractivity contribution >= 4 is 39.4 Å². The van der Waals surface area contributed by atoms with Gasteiger partial charge in [-0.1, -0.05) is 103 Å². The lowest BCUT2D eigenvalue weighted by atomic mass is 10.0. The smallest absolute Gasteiger partial charge is 0.231 e. The Morgan fingerprint density at radius 3 is 2.12 bits per heavy atom. The molecule has 1 aromatic carbocycles. The van der Waals surface area contributed by atoms with E-state index in [1.807, 2.05) is 66.7 Å². The number of hydrogen-bond acceptors (Lipinski definition) is 4. The Morgan fingerprint density at radius 1 is 1.19 bits per heavy atom. The van der Waals surface area contributed by atoms with Gasteiger partial charge in [0.25, 0.3) is 0 Å². The van der Waals surface area contributed by atoms with Crippen molar-refractivity contribution in [3.63, 3.8) is 0 Å². The topological polar surface area (TPSA) is 61.4 Å². The van der Waals surface area contributed by atoms with E-state index in [2.05, 4.69) is 39.1 Å². The van der Waals surface area contributed by atoms with E-state index < -0.39 is 0 Å². The predicted octanol–water partition coefficient (Wildman–Crippen LogP) is 7.64. The van der Waals surface area contributed by atoms with Crippen molar-refractivity contribution < 1.29 is 9.90 Å². The van der Waals surface area contributed by atoms with Gasteiger partial charge in [0.05, 0.1) is 5.75 Å². The first kappa shape index (κ1) is 34.8. The summed E-state index contributed by atoms with van der Waals surface area (Å²) in [5, 5.41) is 12.3. The molecule has 0 aliphatic rings. The fourth-order valence-electron chi connectivity index (χ4n) is 1.83. The molecule has 0 saturated carbocycles. The predicted molar refractivity (Wildman–Crippen MR) is 150 cm³/mol. The number of aromatic hydroxyl groups is 1. The number of rotatable bonds is 8. The molecule has 3 N–H and O–H groups in total. The van der Waals surface area contributed by atoms with Gasteiger partial charge >= 0.3 is 0 Å². The van der Waals surface area contributed by atoms with Crippen molar-refractivity contribution in [2.45, 2.75) is 54.9 Å². The highest BCUT2D eigenvalue weighted by Gasteiger charge is 2.00. The maximum Gasteiger partial charge on any atom is 0.231 e. The van der Waals surface area contributed by atoms with Crippen LogP contribution in [0.3, 0.4) is 0 Å². The fourth-order valence-corrected chi connectivity index (χ4v) is 2.21. The molecule has 0 spiro atoms. The molecule has 1 amide bonds. The van der Waals surface area contributed by atoms with E-state index in [0.717, 1.165) is 28.6 Å². The Labute approximate surface area is 209 Å². The summed E-state index contributed by atoms with van der Waals surface area (Å²) in [5.74, 6) is 0.877. The van der Waals surface area contributed by atoms with Gasteiger partial charge in [0.2, 0.25) is 5.91 Å². The molecule has 0 saturated heterocycles. The lowest BCUT2D eigenvalue weighted by Crippen LogP contribution is -2.26. The van der Waals surface area contributed by atoms with Gasteiger partial charge < -0.3 is 10.4 Å². The standard InChI is InChI=1S/C12H14O.C6H9Br.C6H14N2OS.C2H6/c1-9(2)8-10(3)11-6-4-5-7-12(11)13;1-4-6(7)5(2)3;1-3-4-8-6(9)5-10-7-2;1-2/h4-8,13H,3H2,1-2H3;4H,1H2,2-3H3;7H,3-5H2,1-2H3,(H,8,9);1-2H3. The van der Waals surface area contributed by atoms with Crippen LogP contribution in [0.2, 0.25) is 0 Å². The van der Waals surface area contributed by atoms with Gasteiger partial charge in [0, 0.05) is 16.6 Å². The van der Waals surface area contributed by atoms with Crippen LogP contribution in [-0.4, -0.2) is 30.4 Å². The molecular weight excluding hydrogens is 484 g/mol. The maximum absolute atomic E-state index is 10.8. The summed E-state index contributed by atoms with van der Waals surface area (Å²) in [4.78, 5) is 10.8. The number of amides is 1. The second-order valence-corrected chi connectivity index (χ2v) is 8.50. The molecule has 0 aromatic heterocycles. The summed E-state index contributed by atoms with van der Waals surface area (Å²) in [6, 6.07) is 7.21. The zero-order chi connectivity index (χ0) is 25.5. The molecule has 4 nitrogen and oxygen atoms in total. The van der Waals surface area contributed by atoms with E-state index in [1.54, 1.807) is 25.3 Å². The lowest BCUT2D eigenvalue weighted by molar-refractivity contribution is -0.118. The number of para-hydroxylation sites is 1. The zero-order valence-electron chi connectivity index (χ0n) is 21.1. The quantitative estimate of drug-likeness (QED) is 0.240. The summed E-state index contributed by atoms with van der Waals surface area (Å²) in [6.07, 6.45) is 4.74. The third-order valence-corrected chi connectivity index (χ3v) is 5.10. The molecule has 1 aromatic rings. The van der Waals surface area contributed by atoms with Crippen LogP contribution in [0.5, 0.6) is 5.75 Å². The number of benzene rings is 1. The highest BCUT2D eigenvalue weighted by molar-refractivity contribution is 9.11. The maximum atomic E-state index is 10.8. The van der Waals surface area contributed by atoms with Crippen LogP contribution in [-0.2, 0) is 4.79 Å². The first-order valence-corrected chi connectivity index (χ1v) is 12.5. The van der Waals surface area contributed by atoms with E-state index in [1.165, 1.54) is 23.1 Å². The molecule has 0 unspecified atom stereocenters. The Kier molecular flexibility index (Phi) is 26.0. The van der Waals surface area contributed by atoms with Gasteiger partial charge in [0.15, 0.2) is 0 Å². The largest absolute Gasteiger partial charge is 0.507 e.